The molecule has 5 heteroatoms. The van der Waals surface area contributed by atoms with Crippen molar-refractivity contribution in [3.63, 3.8) is 0 Å². The fourth-order valence-electron chi connectivity index (χ4n) is 1.03. The molecule has 0 atom stereocenters. The van der Waals surface area contributed by atoms with Crippen LogP contribution in [0.4, 0.5) is 0 Å². The van der Waals surface area contributed by atoms with E-state index in [1.54, 1.807) is 0 Å². The number of hydrogen-bond donors (Lipinski definition) is 3. The third-order valence-electron chi connectivity index (χ3n) is 1.93. The molecular weight excluding hydrogens is 206 g/mol. The molecule has 0 aromatic heterocycles. The van der Waals surface area contributed by atoms with Crippen molar-refractivity contribution in [2.24, 2.45) is 5.92 Å². The van der Waals surface area contributed by atoms with Crippen LogP contribution in [0.1, 0.15) is 27.2 Å². The molecular formula is C11H23N3O2. The van der Waals surface area contributed by atoms with Gasteiger partial charge in [0.1, 0.15) is 0 Å². The van der Waals surface area contributed by atoms with Crippen LogP contribution in [0.5, 0.6) is 0 Å². The first-order chi connectivity index (χ1) is 7.56. The Balaban J connectivity index is 3.47. The average molecular weight is 229 g/mol. The minimum atomic E-state index is -0.134. The highest BCUT2D eigenvalue weighted by Crippen LogP contribution is 1.86. The van der Waals surface area contributed by atoms with Gasteiger partial charge in [0.2, 0.25) is 11.8 Å². The van der Waals surface area contributed by atoms with Gasteiger partial charge in [0.25, 0.3) is 0 Å². The minimum absolute atomic E-state index is 0.0671. The van der Waals surface area contributed by atoms with Gasteiger partial charge in [-0.2, -0.15) is 0 Å². The lowest BCUT2D eigenvalue weighted by Gasteiger charge is -2.08. The van der Waals surface area contributed by atoms with Crippen molar-refractivity contribution in [1.29, 1.82) is 0 Å². The first-order valence-electron chi connectivity index (χ1n) is 5.80. The van der Waals surface area contributed by atoms with E-state index in [2.05, 4.69) is 16.0 Å². The van der Waals surface area contributed by atoms with Gasteiger partial charge >= 0.3 is 0 Å². The summed E-state index contributed by atoms with van der Waals surface area (Å²) in [6.07, 6.45) is 0.408. The number of nitrogens with one attached hydrogen (secondary N) is 3. The van der Waals surface area contributed by atoms with Crippen LogP contribution >= 0.6 is 0 Å². The molecule has 0 aromatic rings. The second-order valence-corrected chi connectivity index (χ2v) is 4.08. The zero-order valence-electron chi connectivity index (χ0n) is 10.4. The van der Waals surface area contributed by atoms with Crippen LogP contribution in [-0.2, 0) is 9.59 Å². The van der Waals surface area contributed by atoms with Gasteiger partial charge in [-0.3, -0.25) is 9.59 Å². The molecule has 0 heterocycles. The van der Waals surface area contributed by atoms with E-state index in [0.717, 1.165) is 6.54 Å². The van der Waals surface area contributed by atoms with Gasteiger partial charge < -0.3 is 16.0 Å². The van der Waals surface area contributed by atoms with Crippen molar-refractivity contribution < 1.29 is 9.59 Å². The van der Waals surface area contributed by atoms with E-state index in [1.165, 1.54) is 0 Å². The fourth-order valence-corrected chi connectivity index (χ4v) is 1.03. The highest BCUT2D eigenvalue weighted by atomic mass is 16.2. The largest absolute Gasteiger partial charge is 0.354 e. The van der Waals surface area contributed by atoms with E-state index in [1.807, 2.05) is 20.8 Å². The van der Waals surface area contributed by atoms with Crippen LogP contribution in [0.3, 0.4) is 0 Å². The summed E-state index contributed by atoms with van der Waals surface area (Å²) in [5.74, 6) is 0.194. The number of amides is 2. The first-order valence-corrected chi connectivity index (χ1v) is 5.80. The Hall–Kier alpha value is -1.10. The quantitative estimate of drug-likeness (QED) is 0.508. The Morgan fingerprint density at radius 2 is 1.81 bits per heavy atom. The van der Waals surface area contributed by atoms with Gasteiger partial charge in [-0.05, 0) is 12.5 Å². The van der Waals surface area contributed by atoms with Crippen molar-refractivity contribution in [1.82, 2.24) is 16.0 Å². The Morgan fingerprint density at radius 3 is 2.38 bits per heavy atom. The van der Waals surface area contributed by atoms with Crippen LogP contribution in [0.2, 0.25) is 0 Å². The van der Waals surface area contributed by atoms with Gasteiger partial charge in [-0.25, -0.2) is 0 Å². The topological polar surface area (TPSA) is 70.2 Å². The van der Waals surface area contributed by atoms with Crippen LogP contribution in [0, 0.1) is 5.92 Å². The Morgan fingerprint density at radius 1 is 1.12 bits per heavy atom. The zero-order chi connectivity index (χ0) is 12.4. The maximum absolute atomic E-state index is 11.2. The summed E-state index contributed by atoms with van der Waals surface area (Å²) in [6, 6.07) is 0. The molecule has 0 aliphatic heterocycles. The molecule has 0 saturated heterocycles. The van der Waals surface area contributed by atoms with Gasteiger partial charge in [-0.1, -0.05) is 20.8 Å². The lowest BCUT2D eigenvalue weighted by Crippen LogP contribution is -2.39. The molecule has 16 heavy (non-hydrogen) atoms. The van der Waals surface area contributed by atoms with E-state index in [-0.39, 0.29) is 18.4 Å². The predicted octanol–water partition coefficient (Wildman–Crippen LogP) is -0.126. The Labute approximate surface area is 97.4 Å². The van der Waals surface area contributed by atoms with E-state index in [4.69, 9.17) is 0 Å². The van der Waals surface area contributed by atoms with Crippen molar-refractivity contribution in [2.45, 2.75) is 27.2 Å². The van der Waals surface area contributed by atoms with Crippen LogP contribution < -0.4 is 16.0 Å². The molecule has 0 radical (unpaired) electrons. The van der Waals surface area contributed by atoms with Gasteiger partial charge in [0.15, 0.2) is 0 Å². The van der Waals surface area contributed by atoms with E-state index >= 15 is 0 Å². The SMILES string of the molecule is CCNCCC(=O)NCC(=O)NCC(C)C. The third-order valence-corrected chi connectivity index (χ3v) is 1.93. The standard InChI is InChI=1S/C11H23N3O2/c1-4-12-6-5-10(15)14-8-11(16)13-7-9(2)3/h9,12H,4-8H2,1-3H3,(H,13,16)(H,14,15). The van der Waals surface area contributed by atoms with Crippen LogP contribution in [0.25, 0.3) is 0 Å². The smallest absolute Gasteiger partial charge is 0.239 e. The molecule has 0 aliphatic carbocycles. The van der Waals surface area contributed by atoms with Crippen molar-refractivity contribution in [3.8, 4) is 0 Å². The maximum atomic E-state index is 11.2. The summed E-state index contributed by atoms with van der Waals surface area (Å²) in [5, 5.41) is 8.36. The predicted molar refractivity (Wildman–Crippen MR) is 64.0 cm³/mol. The molecule has 0 aromatic carbocycles. The number of carbonyl (C=O) groups excluding carboxylic acids is 2. The van der Waals surface area contributed by atoms with Crippen molar-refractivity contribution in [2.75, 3.05) is 26.2 Å². The molecule has 94 valence electrons. The lowest BCUT2D eigenvalue weighted by atomic mass is 10.2. The van der Waals surface area contributed by atoms with Crippen molar-refractivity contribution >= 4 is 11.8 Å². The average Bonchev–Trinajstić information content (AvgIpc) is 2.24. The molecule has 0 bridgehead atoms. The Kier molecular flexibility index (Phi) is 8.52. The second-order valence-electron chi connectivity index (χ2n) is 4.08. The number of rotatable bonds is 8. The van der Waals surface area contributed by atoms with E-state index in [9.17, 15) is 9.59 Å². The summed E-state index contributed by atoms with van der Waals surface area (Å²) in [6.45, 7) is 8.24. The molecule has 0 fully saturated rings. The van der Waals surface area contributed by atoms with E-state index in [0.29, 0.717) is 25.4 Å². The highest BCUT2D eigenvalue weighted by Gasteiger charge is 2.05. The highest BCUT2D eigenvalue weighted by molar-refractivity contribution is 5.84. The molecule has 2 amide bonds. The first kappa shape index (κ1) is 14.9. The van der Waals surface area contributed by atoms with Gasteiger partial charge in [0.05, 0.1) is 6.54 Å². The molecule has 0 spiro atoms. The summed E-state index contributed by atoms with van der Waals surface area (Å²) in [7, 11) is 0. The molecule has 0 unspecified atom stereocenters. The second kappa shape index (κ2) is 9.15. The summed E-state index contributed by atoms with van der Waals surface area (Å²) < 4.78 is 0. The van der Waals surface area contributed by atoms with E-state index < -0.39 is 0 Å². The fraction of sp³-hybridized carbons (Fsp3) is 0.818. The van der Waals surface area contributed by atoms with Crippen molar-refractivity contribution in [3.05, 3.63) is 0 Å². The molecule has 0 rings (SSSR count). The lowest BCUT2D eigenvalue weighted by molar-refractivity contribution is -0.126. The summed E-state index contributed by atoms with van der Waals surface area (Å²) in [4.78, 5) is 22.5. The maximum Gasteiger partial charge on any atom is 0.239 e. The number of carbonyl (C=O) groups is 2. The van der Waals surface area contributed by atoms with Gasteiger partial charge in [-0.15, -0.1) is 0 Å². The summed E-state index contributed by atoms with van der Waals surface area (Å²) in [5.41, 5.74) is 0. The number of hydrogen-bond acceptors (Lipinski definition) is 3. The van der Waals surface area contributed by atoms with Crippen LogP contribution in [0.15, 0.2) is 0 Å². The zero-order valence-corrected chi connectivity index (χ0v) is 10.4. The minimum Gasteiger partial charge on any atom is -0.354 e. The Bertz CT molecular complexity index is 217. The summed E-state index contributed by atoms with van der Waals surface area (Å²) >= 11 is 0. The van der Waals surface area contributed by atoms with Gasteiger partial charge in [0, 0.05) is 19.5 Å². The molecule has 0 aliphatic rings. The normalized spacial score (nSPS) is 10.2. The monoisotopic (exact) mass is 229 g/mol. The van der Waals surface area contributed by atoms with Crippen LogP contribution in [-0.4, -0.2) is 38.0 Å². The molecule has 3 N–H and O–H groups in total. The molecule has 0 saturated carbocycles. The molecule has 5 nitrogen and oxygen atoms in total. The third kappa shape index (κ3) is 9.45.